The van der Waals surface area contributed by atoms with Gasteiger partial charge in [-0.25, -0.2) is 0 Å². The van der Waals surface area contributed by atoms with Crippen molar-refractivity contribution >= 4 is 15.9 Å². The van der Waals surface area contributed by atoms with Gasteiger partial charge in [-0.1, -0.05) is 0 Å². The summed E-state index contributed by atoms with van der Waals surface area (Å²) in [6.45, 7) is 3.39. The van der Waals surface area contributed by atoms with Gasteiger partial charge in [-0.3, -0.25) is 0 Å². The molecule has 1 N–H and O–H groups in total. The van der Waals surface area contributed by atoms with Gasteiger partial charge in [0, 0.05) is 19.2 Å². The second-order valence-electron chi connectivity index (χ2n) is 4.39. The monoisotopic (exact) mass is 329 g/mol. The molecule has 0 amide bonds. The maximum atomic E-state index is 5.83. The summed E-state index contributed by atoms with van der Waals surface area (Å²) in [5.41, 5.74) is 0.916. The van der Waals surface area contributed by atoms with Gasteiger partial charge in [0.05, 0.1) is 23.8 Å². The first-order valence-corrected chi connectivity index (χ1v) is 7.09. The zero-order valence-electron chi connectivity index (χ0n) is 10.7. The van der Waals surface area contributed by atoms with E-state index in [9.17, 15) is 0 Å². The number of hydrogen-bond donors (Lipinski definition) is 1. The maximum absolute atomic E-state index is 5.83. The van der Waals surface area contributed by atoms with Crippen LogP contribution in [0.25, 0.3) is 0 Å². The molecule has 1 aromatic carbocycles. The fourth-order valence-corrected chi connectivity index (χ4v) is 3.00. The van der Waals surface area contributed by atoms with E-state index in [1.54, 1.807) is 7.11 Å². The summed E-state index contributed by atoms with van der Waals surface area (Å²) < 4.78 is 23.6. The van der Waals surface area contributed by atoms with E-state index < -0.39 is 0 Å². The summed E-state index contributed by atoms with van der Waals surface area (Å²) in [6.07, 6.45) is -0.0864. The number of hydrogen-bond acceptors (Lipinski definition) is 5. The molecule has 2 aliphatic heterocycles. The molecule has 19 heavy (non-hydrogen) atoms. The van der Waals surface area contributed by atoms with Gasteiger partial charge in [-0.15, -0.1) is 0 Å². The van der Waals surface area contributed by atoms with Crippen molar-refractivity contribution in [2.75, 3.05) is 40.0 Å². The van der Waals surface area contributed by atoms with Crippen LogP contribution in [0, 0.1) is 0 Å². The lowest BCUT2D eigenvalue weighted by molar-refractivity contribution is 0.0228. The molecule has 0 spiro atoms. The topological polar surface area (TPSA) is 49.0 Å². The molecule has 0 aromatic heterocycles. The Hall–Kier alpha value is -0.980. The smallest absolute Gasteiger partial charge is 0.171 e. The highest BCUT2D eigenvalue weighted by molar-refractivity contribution is 9.10. The fraction of sp³-hybridized carbons (Fsp3) is 0.538. The van der Waals surface area contributed by atoms with E-state index in [0.29, 0.717) is 19.8 Å². The Morgan fingerprint density at radius 1 is 1.32 bits per heavy atom. The lowest BCUT2D eigenvalue weighted by Crippen LogP contribution is -2.34. The number of fused-ring (bicyclic) bond motifs is 1. The summed E-state index contributed by atoms with van der Waals surface area (Å²) in [7, 11) is 1.65. The summed E-state index contributed by atoms with van der Waals surface area (Å²) in [5.74, 6) is 2.22. The first kappa shape index (κ1) is 13.0. The minimum absolute atomic E-state index is 0.0864. The molecule has 0 radical (unpaired) electrons. The second-order valence-corrected chi connectivity index (χ2v) is 5.25. The van der Waals surface area contributed by atoms with Gasteiger partial charge >= 0.3 is 0 Å². The van der Waals surface area contributed by atoms with Crippen molar-refractivity contribution in [2.24, 2.45) is 0 Å². The van der Waals surface area contributed by atoms with Crippen LogP contribution >= 0.6 is 15.9 Å². The van der Waals surface area contributed by atoms with Crippen molar-refractivity contribution in [3.63, 3.8) is 0 Å². The molecule has 6 heteroatoms. The van der Waals surface area contributed by atoms with Crippen LogP contribution in [0.1, 0.15) is 11.7 Å². The number of halogens is 1. The summed E-state index contributed by atoms with van der Waals surface area (Å²) in [6, 6.07) is 1.88. The summed E-state index contributed by atoms with van der Waals surface area (Å²) in [4.78, 5) is 0. The highest BCUT2D eigenvalue weighted by Gasteiger charge is 2.30. The minimum Gasteiger partial charge on any atom is -0.495 e. The first-order chi connectivity index (χ1) is 9.31. The molecule has 104 valence electrons. The number of rotatable bonds is 2. The molecule has 1 fully saturated rings. The van der Waals surface area contributed by atoms with Crippen LogP contribution in [-0.4, -0.2) is 40.0 Å². The summed E-state index contributed by atoms with van der Waals surface area (Å²) in [5, 5.41) is 3.32. The van der Waals surface area contributed by atoms with E-state index >= 15 is 0 Å². The number of ether oxygens (including phenoxy) is 4. The van der Waals surface area contributed by atoms with Crippen LogP contribution in [0.15, 0.2) is 10.5 Å². The van der Waals surface area contributed by atoms with Crippen molar-refractivity contribution in [1.29, 1.82) is 0 Å². The quantitative estimate of drug-likeness (QED) is 0.897. The molecule has 2 heterocycles. The van der Waals surface area contributed by atoms with Gasteiger partial charge in [-0.2, -0.15) is 0 Å². The molecular formula is C13H16BrNO4. The van der Waals surface area contributed by atoms with Gasteiger partial charge < -0.3 is 24.3 Å². The average Bonchev–Trinajstić information content (AvgIpc) is 2.46. The summed E-state index contributed by atoms with van der Waals surface area (Å²) >= 11 is 3.52. The van der Waals surface area contributed by atoms with E-state index in [-0.39, 0.29) is 6.10 Å². The third-order valence-electron chi connectivity index (χ3n) is 3.23. The van der Waals surface area contributed by atoms with E-state index in [1.807, 2.05) is 6.07 Å². The lowest BCUT2D eigenvalue weighted by Gasteiger charge is -2.30. The van der Waals surface area contributed by atoms with Crippen molar-refractivity contribution < 1.29 is 18.9 Å². The molecule has 1 unspecified atom stereocenters. The van der Waals surface area contributed by atoms with Crippen LogP contribution in [0.4, 0.5) is 0 Å². The zero-order valence-corrected chi connectivity index (χ0v) is 12.3. The number of nitrogens with one attached hydrogen (secondary N) is 1. The Morgan fingerprint density at radius 2 is 2.16 bits per heavy atom. The molecule has 0 saturated carbocycles. The third kappa shape index (κ3) is 2.40. The van der Waals surface area contributed by atoms with Gasteiger partial charge in [0.15, 0.2) is 11.5 Å². The zero-order chi connectivity index (χ0) is 13.2. The van der Waals surface area contributed by atoms with E-state index in [4.69, 9.17) is 18.9 Å². The molecule has 1 atom stereocenters. The largest absolute Gasteiger partial charge is 0.495 e. The van der Waals surface area contributed by atoms with Gasteiger partial charge in [0.25, 0.3) is 0 Å². The Bertz CT molecular complexity index is 474. The molecule has 1 aromatic rings. The average molecular weight is 330 g/mol. The molecule has 3 rings (SSSR count). The number of morpholine rings is 1. The minimum atomic E-state index is -0.0864. The molecule has 0 bridgehead atoms. The van der Waals surface area contributed by atoms with E-state index in [2.05, 4.69) is 21.2 Å². The molecule has 1 saturated heterocycles. The predicted octanol–water partition coefficient (Wildman–Crippen LogP) is 1.89. The first-order valence-electron chi connectivity index (χ1n) is 6.29. The molecule has 2 aliphatic rings. The fourth-order valence-electron chi connectivity index (χ4n) is 2.41. The van der Waals surface area contributed by atoms with Crippen LogP contribution in [0.5, 0.6) is 17.2 Å². The van der Waals surface area contributed by atoms with Crippen LogP contribution in [0.3, 0.4) is 0 Å². The number of methoxy groups -OCH3 is 1. The normalized spacial score (nSPS) is 22.1. The Kier molecular flexibility index (Phi) is 3.81. The van der Waals surface area contributed by atoms with Crippen molar-refractivity contribution in [1.82, 2.24) is 5.32 Å². The lowest BCUT2D eigenvalue weighted by atomic mass is 10.0. The maximum Gasteiger partial charge on any atom is 0.171 e. The van der Waals surface area contributed by atoms with E-state index in [0.717, 1.165) is 40.4 Å². The van der Waals surface area contributed by atoms with Crippen LogP contribution < -0.4 is 19.5 Å². The second kappa shape index (κ2) is 5.56. The van der Waals surface area contributed by atoms with E-state index in [1.165, 1.54) is 0 Å². The van der Waals surface area contributed by atoms with Crippen molar-refractivity contribution in [2.45, 2.75) is 6.10 Å². The SMILES string of the molecule is COc1c(Br)cc2c(c1C1CNCCO1)OCCO2. The number of benzene rings is 1. The molecule has 0 aliphatic carbocycles. The Balaban J connectivity index is 2.09. The molecule has 5 nitrogen and oxygen atoms in total. The predicted molar refractivity (Wildman–Crippen MR) is 73.2 cm³/mol. The van der Waals surface area contributed by atoms with Crippen molar-refractivity contribution in [3.8, 4) is 17.2 Å². The highest BCUT2D eigenvalue weighted by Crippen LogP contribution is 2.48. The van der Waals surface area contributed by atoms with Gasteiger partial charge in [0.1, 0.15) is 25.1 Å². The van der Waals surface area contributed by atoms with Gasteiger partial charge in [-0.05, 0) is 15.9 Å². The van der Waals surface area contributed by atoms with Gasteiger partial charge in [0.2, 0.25) is 0 Å². The van der Waals surface area contributed by atoms with Crippen LogP contribution in [0.2, 0.25) is 0 Å². The van der Waals surface area contributed by atoms with Crippen LogP contribution in [-0.2, 0) is 4.74 Å². The third-order valence-corrected chi connectivity index (χ3v) is 3.82. The van der Waals surface area contributed by atoms with Crippen molar-refractivity contribution in [3.05, 3.63) is 16.1 Å². The Morgan fingerprint density at radius 3 is 2.89 bits per heavy atom. The molecular weight excluding hydrogens is 314 g/mol. The highest BCUT2D eigenvalue weighted by atomic mass is 79.9. The Labute approximate surface area is 120 Å². The standard InChI is InChI=1S/C13H16BrNO4/c1-16-12-8(14)6-9-13(19-5-4-18-9)11(12)10-7-15-2-3-17-10/h6,10,15H,2-5,7H2,1H3.